The van der Waals surface area contributed by atoms with Crippen LogP contribution >= 0.6 is 0 Å². The monoisotopic (exact) mass is 539 g/mol. The highest BCUT2D eigenvalue weighted by atomic mass is 32.2. The lowest BCUT2D eigenvalue weighted by molar-refractivity contribution is -0.137. The van der Waals surface area contributed by atoms with Crippen molar-refractivity contribution in [1.29, 1.82) is 0 Å². The van der Waals surface area contributed by atoms with Gasteiger partial charge in [-0.05, 0) is 66.1 Å². The van der Waals surface area contributed by atoms with Crippen LogP contribution in [0.2, 0.25) is 0 Å². The SMILES string of the molecule is COc1ccc(CN(CC(C)C)C(=O)c2ccc(F)cc2)cc1OS(=O)(=O)c1cccc(C(F)(F)F)c1. The highest BCUT2D eigenvalue weighted by molar-refractivity contribution is 7.87. The van der Waals surface area contributed by atoms with E-state index in [1.54, 1.807) is 6.07 Å². The number of nitrogens with zero attached hydrogens (tertiary/aromatic N) is 1. The Morgan fingerprint density at radius 1 is 0.973 bits per heavy atom. The van der Waals surface area contributed by atoms with Gasteiger partial charge < -0.3 is 13.8 Å². The van der Waals surface area contributed by atoms with Crippen LogP contribution in [0.1, 0.15) is 35.3 Å². The Hall–Kier alpha value is -3.60. The fraction of sp³-hybridized carbons (Fsp3) is 0.269. The lowest BCUT2D eigenvalue weighted by Gasteiger charge is -2.25. The minimum atomic E-state index is -4.74. The van der Waals surface area contributed by atoms with Gasteiger partial charge in [-0.15, -0.1) is 0 Å². The molecule has 6 nitrogen and oxygen atoms in total. The zero-order valence-electron chi connectivity index (χ0n) is 20.3. The van der Waals surface area contributed by atoms with Gasteiger partial charge in [-0.25, -0.2) is 4.39 Å². The van der Waals surface area contributed by atoms with Gasteiger partial charge in [-0.2, -0.15) is 21.6 Å². The number of carbonyl (C=O) groups is 1. The Bertz CT molecular complexity index is 1360. The van der Waals surface area contributed by atoms with Gasteiger partial charge in [-0.3, -0.25) is 4.79 Å². The maximum absolute atomic E-state index is 13.3. The molecule has 3 rings (SSSR count). The molecule has 0 aromatic heterocycles. The summed E-state index contributed by atoms with van der Waals surface area (Å²) in [5, 5.41) is 0. The molecule has 0 bridgehead atoms. The molecule has 0 unspecified atom stereocenters. The number of hydrogen-bond acceptors (Lipinski definition) is 5. The summed E-state index contributed by atoms with van der Waals surface area (Å²) in [5.74, 6) is -0.982. The molecule has 0 N–H and O–H groups in total. The van der Waals surface area contributed by atoms with Crippen molar-refractivity contribution in [3.05, 3.63) is 89.2 Å². The van der Waals surface area contributed by atoms with E-state index in [9.17, 15) is 30.8 Å². The van der Waals surface area contributed by atoms with Crippen LogP contribution in [0.15, 0.2) is 71.6 Å². The van der Waals surface area contributed by atoms with Crippen LogP contribution in [0.25, 0.3) is 0 Å². The normalized spacial score (nSPS) is 11.9. The Kier molecular flexibility index (Phi) is 8.47. The molecular formula is C26H25F4NO5S. The van der Waals surface area contributed by atoms with Gasteiger partial charge in [0.2, 0.25) is 0 Å². The van der Waals surface area contributed by atoms with Crippen LogP contribution in [-0.4, -0.2) is 32.9 Å². The second-order valence-corrected chi connectivity index (χ2v) is 10.2. The van der Waals surface area contributed by atoms with E-state index < -0.39 is 32.6 Å². The number of halogens is 4. The molecule has 0 aliphatic heterocycles. The summed E-state index contributed by atoms with van der Waals surface area (Å²) in [6.07, 6.45) is -4.74. The van der Waals surface area contributed by atoms with Crippen LogP contribution in [0, 0.1) is 11.7 Å². The summed E-state index contributed by atoms with van der Waals surface area (Å²) in [4.78, 5) is 13.9. The second-order valence-electron chi connectivity index (χ2n) is 8.63. The average molecular weight is 540 g/mol. The molecule has 0 aliphatic carbocycles. The average Bonchev–Trinajstić information content (AvgIpc) is 2.83. The molecule has 0 heterocycles. The largest absolute Gasteiger partial charge is 0.493 e. The smallest absolute Gasteiger partial charge is 0.416 e. The molecule has 0 saturated heterocycles. The van der Waals surface area contributed by atoms with E-state index in [-0.39, 0.29) is 35.4 Å². The Morgan fingerprint density at radius 3 is 2.24 bits per heavy atom. The predicted octanol–water partition coefficient (Wildman–Crippen LogP) is 5.92. The van der Waals surface area contributed by atoms with Crippen molar-refractivity contribution in [3.63, 3.8) is 0 Å². The first-order valence-corrected chi connectivity index (χ1v) is 12.5. The lowest BCUT2D eigenvalue weighted by Crippen LogP contribution is -2.33. The molecular weight excluding hydrogens is 514 g/mol. The van der Waals surface area contributed by atoms with E-state index in [4.69, 9.17) is 8.92 Å². The Balaban J connectivity index is 1.92. The number of rotatable bonds is 9. The molecule has 3 aromatic carbocycles. The summed E-state index contributed by atoms with van der Waals surface area (Å²) < 4.78 is 88.5. The minimum absolute atomic E-state index is 0.0274. The van der Waals surface area contributed by atoms with Gasteiger partial charge in [0.15, 0.2) is 11.5 Å². The van der Waals surface area contributed by atoms with E-state index in [1.807, 2.05) is 13.8 Å². The zero-order chi connectivity index (χ0) is 27.4. The van der Waals surface area contributed by atoms with Crippen molar-refractivity contribution >= 4 is 16.0 Å². The first-order chi connectivity index (χ1) is 17.3. The van der Waals surface area contributed by atoms with Crippen molar-refractivity contribution in [2.75, 3.05) is 13.7 Å². The second kappa shape index (κ2) is 11.2. The topological polar surface area (TPSA) is 72.9 Å². The summed E-state index contributed by atoms with van der Waals surface area (Å²) >= 11 is 0. The van der Waals surface area contributed by atoms with Gasteiger partial charge >= 0.3 is 16.3 Å². The minimum Gasteiger partial charge on any atom is -0.493 e. The quantitative estimate of drug-likeness (QED) is 0.249. The number of alkyl halides is 3. The fourth-order valence-corrected chi connectivity index (χ4v) is 4.51. The Morgan fingerprint density at radius 2 is 1.65 bits per heavy atom. The standard InChI is InChI=1S/C26H25F4NO5S/c1-17(2)15-31(25(32)19-8-10-21(27)11-9-19)16-18-7-12-23(35-3)24(13-18)36-37(33,34)22-6-4-5-20(14-22)26(28,29)30/h4-14,17H,15-16H2,1-3H3. The van der Waals surface area contributed by atoms with Gasteiger partial charge in [0, 0.05) is 18.7 Å². The highest BCUT2D eigenvalue weighted by Gasteiger charge is 2.32. The zero-order valence-corrected chi connectivity index (χ0v) is 21.1. The third kappa shape index (κ3) is 7.22. The molecule has 198 valence electrons. The molecule has 3 aromatic rings. The van der Waals surface area contributed by atoms with E-state index in [1.165, 1.54) is 48.4 Å². The number of amides is 1. The first kappa shape index (κ1) is 28.0. The third-order valence-electron chi connectivity index (χ3n) is 5.21. The Labute approximate surface area is 212 Å². The number of hydrogen-bond donors (Lipinski definition) is 0. The molecule has 0 aliphatic rings. The molecule has 0 atom stereocenters. The van der Waals surface area contributed by atoms with Crippen LogP contribution in [-0.2, 0) is 22.8 Å². The summed E-state index contributed by atoms with van der Waals surface area (Å²) in [6, 6.07) is 12.7. The molecule has 0 saturated carbocycles. The van der Waals surface area contributed by atoms with Crippen LogP contribution < -0.4 is 8.92 Å². The van der Waals surface area contributed by atoms with Gasteiger partial charge in [-0.1, -0.05) is 26.0 Å². The predicted molar refractivity (Wildman–Crippen MR) is 128 cm³/mol. The summed E-state index contributed by atoms with van der Waals surface area (Å²) in [5.41, 5.74) is -0.383. The molecule has 1 amide bonds. The number of carbonyl (C=O) groups excluding carboxylic acids is 1. The number of ether oxygens (including phenoxy) is 1. The molecule has 0 spiro atoms. The summed E-state index contributed by atoms with van der Waals surface area (Å²) in [6.45, 7) is 4.23. The molecule has 37 heavy (non-hydrogen) atoms. The lowest BCUT2D eigenvalue weighted by atomic mass is 10.1. The van der Waals surface area contributed by atoms with E-state index >= 15 is 0 Å². The van der Waals surface area contributed by atoms with E-state index in [0.717, 1.165) is 18.2 Å². The van der Waals surface area contributed by atoms with Crippen molar-refractivity contribution < 1.29 is 39.7 Å². The van der Waals surface area contributed by atoms with Crippen LogP contribution in [0.4, 0.5) is 17.6 Å². The maximum Gasteiger partial charge on any atom is 0.416 e. The number of benzene rings is 3. The van der Waals surface area contributed by atoms with Crippen molar-refractivity contribution in [1.82, 2.24) is 4.90 Å². The van der Waals surface area contributed by atoms with Crippen molar-refractivity contribution in [3.8, 4) is 11.5 Å². The maximum atomic E-state index is 13.3. The molecule has 0 fully saturated rings. The van der Waals surface area contributed by atoms with E-state index in [0.29, 0.717) is 18.2 Å². The summed E-state index contributed by atoms with van der Waals surface area (Å²) in [7, 11) is -3.37. The molecule has 11 heteroatoms. The molecule has 0 radical (unpaired) electrons. The highest BCUT2D eigenvalue weighted by Crippen LogP contribution is 2.34. The van der Waals surface area contributed by atoms with Crippen molar-refractivity contribution in [2.24, 2.45) is 5.92 Å². The van der Waals surface area contributed by atoms with Crippen LogP contribution in [0.3, 0.4) is 0 Å². The first-order valence-electron chi connectivity index (χ1n) is 11.1. The fourth-order valence-electron chi connectivity index (χ4n) is 3.53. The van der Waals surface area contributed by atoms with Crippen LogP contribution in [0.5, 0.6) is 11.5 Å². The van der Waals surface area contributed by atoms with Gasteiger partial charge in [0.05, 0.1) is 12.7 Å². The van der Waals surface area contributed by atoms with Gasteiger partial charge in [0.1, 0.15) is 10.7 Å². The van der Waals surface area contributed by atoms with Crippen molar-refractivity contribution in [2.45, 2.75) is 31.5 Å². The number of methoxy groups -OCH3 is 1. The van der Waals surface area contributed by atoms with E-state index in [2.05, 4.69) is 0 Å². The van der Waals surface area contributed by atoms with Gasteiger partial charge in [0.25, 0.3) is 5.91 Å². The third-order valence-corrected chi connectivity index (χ3v) is 6.45.